The van der Waals surface area contributed by atoms with Gasteiger partial charge in [-0.2, -0.15) is 0 Å². The number of hydrogen-bond donors (Lipinski definition) is 1. The fraction of sp³-hybridized carbons (Fsp3) is 0.364. The number of para-hydroxylation sites is 1. The second-order valence-corrected chi connectivity index (χ2v) is 7.56. The summed E-state index contributed by atoms with van der Waals surface area (Å²) in [6, 6.07) is 12.2. The third-order valence-corrected chi connectivity index (χ3v) is 5.76. The number of nitrogens with one attached hydrogen (secondary N) is 1. The molecule has 6 heteroatoms. The number of piperazine rings is 1. The summed E-state index contributed by atoms with van der Waals surface area (Å²) in [5, 5.41) is 1.10. The number of aromatic nitrogens is 2. The van der Waals surface area contributed by atoms with Crippen LogP contribution in [0.3, 0.4) is 0 Å². The first kappa shape index (κ1) is 17.1. The van der Waals surface area contributed by atoms with Crippen LogP contribution in [0, 0.1) is 5.92 Å². The molecule has 1 saturated carbocycles. The van der Waals surface area contributed by atoms with Gasteiger partial charge < -0.3 is 19.5 Å². The number of carbonyl (C=O) groups excluding carboxylic acids is 1. The van der Waals surface area contributed by atoms with Crippen LogP contribution in [0.5, 0.6) is 5.75 Å². The van der Waals surface area contributed by atoms with Gasteiger partial charge in [0.2, 0.25) is 5.91 Å². The molecule has 0 unspecified atom stereocenters. The number of nitrogens with zero attached hydrogens (tertiary/aromatic N) is 3. The molecule has 2 aliphatic rings. The topological polar surface area (TPSA) is 61.5 Å². The molecule has 2 fully saturated rings. The first-order valence-electron chi connectivity index (χ1n) is 9.89. The molecular weight excluding hydrogens is 352 g/mol. The highest BCUT2D eigenvalue weighted by Crippen LogP contribution is 2.35. The Morgan fingerprint density at radius 3 is 2.68 bits per heavy atom. The Morgan fingerprint density at radius 2 is 1.93 bits per heavy atom. The normalized spacial score (nSPS) is 17.2. The lowest BCUT2D eigenvalue weighted by Gasteiger charge is -2.36. The predicted molar refractivity (Wildman–Crippen MR) is 110 cm³/mol. The van der Waals surface area contributed by atoms with Crippen LogP contribution in [0.25, 0.3) is 22.3 Å². The maximum absolute atomic E-state index is 12.3. The Kier molecular flexibility index (Phi) is 4.19. The lowest BCUT2D eigenvalue weighted by atomic mass is 10.1. The highest BCUT2D eigenvalue weighted by molar-refractivity contribution is 5.94. The van der Waals surface area contributed by atoms with Crippen molar-refractivity contribution in [1.29, 1.82) is 0 Å². The number of hydrogen-bond acceptors (Lipinski definition) is 4. The van der Waals surface area contributed by atoms with Crippen molar-refractivity contribution in [3.8, 4) is 17.0 Å². The van der Waals surface area contributed by atoms with Gasteiger partial charge in [-0.1, -0.05) is 12.1 Å². The van der Waals surface area contributed by atoms with Gasteiger partial charge in [0.1, 0.15) is 11.4 Å². The number of ether oxygens (including phenoxy) is 1. The van der Waals surface area contributed by atoms with Gasteiger partial charge in [-0.3, -0.25) is 4.79 Å². The summed E-state index contributed by atoms with van der Waals surface area (Å²) in [4.78, 5) is 24.7. The molecule has 1 N–H and O–H groups in total. The van der Waals surface area contributed by atoms with Crippen LogP contribution in [0.2, 0.25) is 0 Å². The fourth-order valence-electron chi connectivity index (χ4n) is 4.06. The minimum Gasteiger partial charge on any atom is -0.496 e. The SMILES string of the molecule is COc1ccccc1-c1cc2c(N3CCN(C(=O)C4CC4)CC3)ccnc2[nH]1. The number of anilines is 1. The van der Waals surface area contributed by atoms with Crippen LogP contribution in [0.15, 0.2) is 42.6 Å². The maximum Gasteiger partial charge on any atom is 0.225 e. The van der Waals surface area contributed by atoms with Crippen molar-refractivity contribution in [2.45, 2.75) is 12.8 Å². The van der Waals surface area contributed by atoms with Gasteiger partial charge >= 0.3 is 0 Å². The van der Waals surface area contributed by atoms with Crippen molar-refractivity contribution in [2.24, 2.45) is 5.92 Å². The minimum atomic E-state index is 0.298. The van der Waals surface area contributed by atoms with E-state index in [1.54, 1.807) is 7.11 Å². The standard InChI is InChI=1S/C22H24N4O2/c1-28-20-5-3-2-4-16(20)18-14-17-19(8-9-23-21(17)24-18)25-10-12-26(13-11-25)22(27)15-6-7-15/h2-5,8-9,14-15H,6-7,10-13H2,1H3,(H,23,24). The van der Waals surface area contributed by atoms with E-state index in [4.69, 9.17) is 4.74 Å². The lowest BCUT2D eigenvalue weighted by Crippen LogP contribution is -2.49. The summed E-state index contributed by atoms with van der Waals surface area (Å²) in [6.45, 7) is 3.30. The van der Waals surface area contributed by atoms with E-state index in [-0.39, 0.29) is 0 Å². The Balaban J connectivity index is 1.43. The summed E-state index contributed by atoms with van der Waals surface area (Å²) >= 11 is 0. The van der Waals surface area contributed by atoms with E-state index in [0.717, 1.165) is 67.1 Å². The third kappa shape index (κ3) is 2.99. The smallest absolute Gasteiger partial charge is 0.225 e. The van der Waals surface area contributed by atoms with E-state index < -0.39 is 0 Å². The Bertz CT molecular complexity index is 1020. The first-order chi connectivity index (χ1) is 13.7. The van der Waals surface area contributed by atoms with Crippen LogP contribution < -0.4 is 9.64 Å². The number of benzene rings is 1. The van der Waals surface area contributed by atoms with Crippen molar-refractivity contribution in [2.75, 3.05) is 38.2 Å². The Hall–Kier alpha value is -3.02. The van der Waals surface area contributed by atoms with Gasteiger partial charge in [0.25, 0.3) is 0 Å². The van der Waals surface area contributed by atoms with Gasteiger partial charge in [0, 0.05) is 54.9 Å². The second kappa shape index (κ2) is 6.86. The van der Waals surface area contributed by atoms with Gasteiger partial charge in [-0.15, -0.1) is 0 Å². The predicted octanol–water partition coefficient (Wildman–Crippen LogP) is 3.30. The zero-order chi connectivity index (χ0) is 19.1. The largest absolute Gasteiger partial charge is 0.496 e. The van der Waals surface area contributed by atoms with Crippen LogP contribution in [0.4, 0.5) is 5.69 Å². The Labute approximate surface area is 164 Å². The van der Waals surface area contributed by atoms with Crippen molar-refractivity contribution < 1.29 is 9.53 Å². The lowest BCUT2D eigenvalue weighted by molar-refractivity contribution is -0.132. The summed E-state index contributed by atoms with van der Waals surface area (Å²) in [5.41, 5.74) is 4.06. The summed E-state index contributed by atoms with van der Waals surface area (Å²) < 4.78 is 5.51. The molecule has 2 aromatic heterocycles. The Morgan fingerprint density at radius 1 is 1.14 bits per heavy atom. The maximum atomic E-state index is 12.3. The van der Waals surface area contributed by atoms with E-state index in [9.17, 15) is 4.79 Å². The summed E-state index contributed by atoms with van der Waals surface area (Å²) in [7, 11) is 1.69. The molecule has 0 spiro atoms. The molecule has 0 atom stereocenters. The molecule has 3 heterocycles. The average Bonchev–Trinajstić information content (AvgIpc) is 3.51. The van der Waals surface area contributed by atoms with Gasteiger partial charge in [0.05, 0.1) is 12.8 Å². The van der Waals surface area contributed by atoms with Crippen molar-refractivity contribution >= 4 is 22.6 Å². The molecule has 5 rings (SSSR count). The number of carbonyl (C=O) groups is 1. The number of rotatable bonds is 4. The van der Waals surface area contributed by atoms with Crippen molar-refractivity contribution in [1.82, 2.24) is 14.9 Å². The zero-order valence-corrected chi connectivity index (χ0v) is 16.0. The molecule has 1 aliphatic heterocycles. The number of methoxy groups -OCH3 is 1. The first-order valence-corrected chi connectivity index (χ1v) is 9.89. The highest BCUT2D eigenvalue weighted by atomic mass is 16.5. The van der Waals surface area contributed by atoms with Crippen molar-refractivity contribution in [3.63, 3.8) is 0 Å². The van der Waals surface area contributed by atoms with Crippen molar-refractivity contribution in [3.05, 3.63) is 42.6 Å². The van der Waals surface area contributed by atoms with Gasteiger partial charge in [-0.25, -0.2) is 4.98 Å². The monoisotopic (exact) mass is 376 g/mol. The molecule has 1 aromatic carbocycles. The highest BCUT2D eigenvalue weighted by Gasteiger charge is 2.34. The number of aromatic amines is 1. The van der Waals surface area contributed by atoms with Crippen LogP contribution in [0.1, 0.15) is 12.8 Å². The molecule has 3 aromatic rings. The number of amides is 1. The summed E-state index contributed by atoms with van der Waals surface area (Å²) in [6.07, 6.45) is 3.99. The summed E-state index contributed by atoms with van der Waals surface area (Å²) in [5.74, 6) is 1.48. The minimum absolute atomic E-state index is 0.298. The fourth-order valence-corrected chi connectivity index (χ4v) is 4.06. The van der Waals surface area contributed by atoms with E-state index in [1.807, 2.05) is 35.4 Å². The molecule has 1 saturated heterocycles. The molecule has 28 heavy (non-hydrogen) atoms. The third-order valence-electron chi connectivity index (χ3n) is 5.76. The van der Waals surface area contributed by atoms with E-state index in [1.165, 1.54) is 5.69 Å². The second-order valence-electron chi connectivity index (χ2n) is 7.56. The van der Waals surface area contributed by atoms with Gasteiger partial charge in [-0.05, 0) is 37.1 Å². The zero-order valence-electron chi connectivity index (χ0n) is 16.0. The number of H-pyrrole nitrogens is 1. The van der Waals surface area contributed by atoms with E-state index in [0.29, 0.717) is 11.8 Å². The molecule has 6 nitrogen and oxygen atoms in total. The molecule has 0 radical (unpaired) electrons. The van der Waals surface area contributed by atoms with Crippen LogP contribution in [-0.2, 0) is 4.79 Å². The molecule has 1 aliphatic carbocycles. The van der Waals surface area contributed by atoms with Gasteiger partial charge in [0.15, 0.2) is 0 Å². The quantitative estimate of drug-likeness (QED) is 0.759. The number of pyridine rings is 1. The molecule has 144 valence electrons. The average molecular weight is 376 g/mol. The molecule has 1 amide bonds. The van der Waals surface area contributed by atoms with Crippen LogP contribution in [-0.4, -0.2) is 54.1 Å². The van der Waals surface area contributed by atoms with E-state index >= 15 is 0 Å². The molecule has 0 bridgehead atoms. The number of fused-ring (bicyclic) bond motifs is 1. The molecular formula is C22H24N4O2. The van der Waals surface area contributed by atoms with Crippen LogP contribution >= 0.6 is 0 Å². The van der Waals surface area contributed by atoms with E-state index in [2.05, 4.69) is 27.0 Å².